The normalized spacial score (nSPS) is 11.6. The van der Waals surface area contributed by atoms with Gasteiger partial charge in [-0.15, -0.1) is 0 Å². The van der Waals surface area contributed by atoms with Gasteiger partial charge >= 0.3 is 11.9 Å². The lowest BCUT2D eigenvalue weighted by atomic mass is 10.2. The Morgan fingerprint density at radius 2 is 1.80 bits per heavy atom. The van der Waals surface area contributed by atoms with Crippen molar-refractivity contribution in [2.24, 2.45) is 0 Å². The Bertz CT molecular complexity index is 1430. The van der Waals surface area contributed by atoms with Gasteiger partial charge in [-0.05, 0) is 67.6 Å². The van der Waals surface area contributed by atoms with Crippen molar-refractivity contribution in [2.45, 2.75) is 13.0 Å². The van der Waals surface area contributed by atoms with Crippen LogP contribution in [0.5, 0.6) is 5.75 Å². The Labute approximate surface area is 204 Å². The summed E-state index contributed by atoms with van der Waals surface area (Å²) in [6, 6.07) is 16.3. The molecule has 3 aromatic carbocycles. The average molecular weight is 494 g/mol. The van der Waals surface area contributed by atoms with Gasteiger partial charge in [0.1, 0.15) is 11.6 Å². The van der Waals surface area contributed by atoms with Crippen LogP contribution in [0.15, 0.2) is 60.7 Å². The van der Waals surface area contributed by atoms with Crippen LogP contribution in [0.2, 0.25) is 5.02 Å². The number of carbonyl (C=O) groups is 3. The van der Waals surface area contributed by atoms with Crippen LogP contribution in [0.1, 0.15) is 27.6 Å². The highest BCUT2D eigenvalue weighted by molar-refractivity contribution is 6.33. The maximum absolute atomic E-state index is 12.6. The number of aromatic nitrogens is 2. The summed E-state index contributed by atoms with van der Waals surface area (Å²) in [5.74, 6) is -1.19. The highest BCUT2D eigenvalue weighted by Gasteiger charge is 2.21. The van der Waals surface area contributed by atoms with E-state index in [1.54, 1.807) is 25.3 Å². The third-order valence-corrected chi connectivity index (χ3v) is 5.53. The number of halogens is 1. The van der Waals surface area contributed by atoms with Crippen LogP contribution in [-0.4, -0.2) is 46.1 Å². The fourth-order valence-electron chi connectivity index (χ4n) is 3.32. The van der Waals surface area contributed by atoms with E-state index in [0.29, 0.717) is 16.9 Å². The molecule has 10 heteroatoms. The number of amides is 1. The van der Waals surface area contributed by atoms with Gasteiger partial charge in [0.25, 0.3) is 5.91 Å². The number of carbonyl (C=O) groups excluding carboxylic acids is 2. The largest absolute Gasteiger partial charge is 0.497 e. The molecule has 9 nitrogen and oxygen atoms in total. The molecule has 0 saturated heterocycles. The highest BCUT2D eigenvalue weighted by atomic mass is 35.5. The Morgan fingerprint density at radius 1 is 1.06 bits per heavy atom. The minimum atomic E-state index is -1.23. The summed E-state index contributed by atoms with van der Waals surface area (Å²) in [4.78, 5) is 44.0. The SMILES string of the molecule is COc1ccc(-c2nc3ccc(C(=O)OC(C)C(=O)Nc4ccc(Cl)c(C(=O)O)c4)cc3[nH]2)cc1. The Hall–Kier alpha value is -4.37. The van der Waals surface area contributed by atoms with Gasteiger partial charge in [0.15, 0.2) is 6.10 Å². The summed E-state index contributed by atoms with van der Waals surface area (Å²) in [6.45, 7) is 1.41. The van der Waals surface area contributed by atoms with Crippen molar-refractivity contribution in [3.8, 4) is 17.1 Å². The van der Waals surface area contributed by atoms with Gasteiger partial charge < -0.3 is 24.9 Å². The van der Waals surface area contributed by atoms with Crippen molar-refractivity contribution < 1.29 is 29.0 Å². The number of hydrogen-bond acceptors (Lipinski definition) is 6. The number of fused-ring (bicyclic) bond motifs is 1. The summed E-state index contributed by atoms with van der Waals surface area (Å²) in [7, 11) is 1.59. The highest BCUT2D eigenvalue weighted by Crippen LogP contribution is 2.24. The molecule has 35 heavy (non-hydrogen) atoms. The first-order valence-corrected chi connectivity index (χ1v) is 10.8. The van der Waals surface area contributed by atoms with E-state index in [-0.39, 0.29) is 21.8 Å². The quantitative estimate of drug-likeness (QED) is 0.316. The van der Waals surface area contributed by atoms with Crippen LogP contribution in [0.4, 0.5) is 5.69 Å². The number of hydrogen-bond donors (Lipinski definition) is 3. The lowest BCUT2D eigenvalue weighted by molar-refractivity contribution is -0.123. The number of nitrogens with one attached hydrogen (secondary N) is 2. The van der Waals surface area contributed by atoms with Crippen LogP contribution in [0.25, 0.3) is 22.4 Å². The number of benzene rings is 3. The standard InChI is InChI=1S/C25H20ClN3O6/c1-13(23(30)27-16-6-9-19(26)18(12-16)24(31)32)35-25(33)15-5-10-20-21(11-15)29-22(28-20)14-3-7-17(34-2)8-4-14/h3-13H,1-2H3,(H,27,30)(H,28,29)(H,31,32). The molecular weight excluding hydrogens is 474 g/mol. The lowest BCUT2D eigenvalue weighted by Crippen LogP contribution is -2.30. The molecule has 1 unspecified atom stereocenters. The van der Waals surface area contributed by atoms with E-state index in [1.165, 1.54) is 25.1 Å². The fourth-order valence-corrected chi connectivity index (χ4v) is 3.51. The molecular formula is C25H20ClN3O6. The number of esters is 1. The van der Waals surface area contributed by atoms with E-state index >= 15 is 0 Å². The van der Waals surface area contributed by atoms with Crippen molar-refractivity contribution in [1.82, 2.24) is 9.97 Å². The van der Waals surface area contributed by atoms with E-state index in [2.05, 4.69) is 15.3 Å². The molecule has 0 spiro atoms. The summed E-state index contributed by atoms with van der Waals surface area (Å²) < 4.78 is 10.5. The van der Waals surface area contributed by atoms with Crippen LogP contribution < -0.4 is 10.1 Å². The smallest absolute Gasteiger partial charge is 0.338 e. The molecule has 0 bridgehead atoms. The predicted molar refractivity (Wildman–Crippen MR) is 130 cm³/mol. The predicted octanol–water partition coefficient (Wildman–Crippen LogP) is 4.77. The molecule has 1 heterocycles. The van der Waals surface area contributed by atoms with E-state index in [4.69, 9.17) is 26.2 Å². The van der Waals surface area contributed by atoms with Gasteiger partial charge in [-0.3, -0.25) is 4.79 Å². The number of carboxylic acid groups (broad SMARTS) is 1. The van der Waals surface area contributed by atoms with Gasteiger partial charge in [-0.2, -0.15) is 0 Å². The van der Waals surface area contributed by atoms with E-state index in [9.17, 15) is 14.4 Å². The average Bonchev–Trinajstić information content (AvgIpc) is 3.28. The van der Waals surface area contributed by atoms with Crippen LogP contribution in [-0.2, 0) is 9.53 Å². The number of aromatic carboxylic acids is 1. The van der Waals surface area contributed by atoms with Crippen molar-refractivity contribution in [1.29, 1.82) is 0 Å². The van der Waals surface area contributed by atoms with Crippen LogP contribution in [0.3, 0.4) is 0 Å². The summed E-state index contributed by atoms with van der Waals surface area (Å²) in [5, 5.41) is 11.7. The fraction of sp³-hybridized carbons (Fsp3) is 0.120. The second kappa shape index (κ2) is 9.86. The molecule has 1 amide bonds. The zero-order valence-corrected chi connectivity index (χ0v) is 19.4. The minimum absolute atomic E-state index is 0.0410. The van der Waals surface area contributed by atoms with Crippen molar-refractivity contribution in [3.05, 3.63) is 76.8 Å². The van der Waals surface area contributed by atoms with E-state index in [1.807, 2.05) is 24.3 Å². The molecule has 0 aliphatic rings. The number of methoxy groups -OCH3 is 1. The molecule has 4 aromatic rings. The molecule has 1 atom stereocenters. The van der Waals surface area contributed by atoms with Gasteiger partial charge in [0, 0.05) is 11.3 Å². The van der Waals surface area contributed by atoms with Gasteiger partial charge in [0.05, 0.1) is 34.3 Å². The number of nitrogens with zero attached hydrogens (tertiary/aromatic N) is 1. The van der Waals surface area contributed by atoms with E-state index in [0.717, 1.165) is 11.3 Å². The van der Waals surface area contributed by atoms with Gasteiger partial charge in [0.2, 0.25) is 0 Å². The first kappa shape index (κ1) is 23.8. The molecule has 1 aromatic heterocycles. The maximum Gasteiger partial charge on any atom is 0.338 e. The molecule has 0 fully saturated rings. The molecule has 0 aliphatic carbocycles. The molecule has 4 rings (SSSR count). The molecule has 0 radical (unpaired) electrons. The number of H-pyrrole nitrogens is 1. The summed E-state index contributed by atoms with van der Waals surface area (Å²) >= 11 is 5.84. The Morgan fingerprint density at radius 3 is 2.49 bits per heavy atom. The van der Waals surface area contributed by atoms with Gasteiger partial charge in [-0.1, -0.05) is 11.6 Å². The van der Waals surface area contributed by atoms with Crippen molar-refractivity contribution >= 4 is 46.2 Å². The number of aromatic amines is 1. The number of rotatable bonds is 7. The Balaban J connectivity index is 1.45. The molecule has 0 aliphatic heterocycles. The third kappa shape index (κ3) is 5.25. The van der Waals surface area contributed by atoms with Crippen molar-refractivity contribution in [2.75, 3.05) is 12.4 Å². The molecule has 3 N–H and O–H groups in total. The van der Waals surface area contributed by atoms with Crippen LogP contribution >= 0.6 is 11.6 Å². The second-order valence-electron chi connectivity index (χ2n) is 7.58. The molecule has 178 valence electrons. The second-order valence-corrected chi connectivity index (χ2v) is 7.99. The monoisotopic (exact) mass is 493 g/mol. The number of carboxylic acids is 1. The number of anilines is 1. The van der Waals surface area contributed by atoms with Gasteiger partial charge in [-0.25, -0.2) is 14.6 Å². The topological polar surface area (TPSA) is 131 Å². The minimum Gasteiger partial charge on any atom is -0.497 e. The van der Waals surface area contributed by atoms with Crippen molar-refractivity contribution in [3.63, 3.8) is 0 Å². The van der Waals surface area contributed by atoms with Crippen LogP contribution in [0, 0.1) is 0 Å². The summed E-state index contributed by atoms with van der Waals surface area (Å²) in [6.07, 6.45) is -1.14. The third-order valence-electron chi connectivity index (χ3n) is 5.20. The van der Waals surface area contributed by atoms with E-state index < -0.39 is 23.9 Å². The first-order chi connectivity index (χ1) is 16.7. The maximum atomic E-state index is 12.6. The summed E-state index contributed by atoms with van der Waals surface area (Å²) in [5.41, 5.74) is 2.44. The lowest BCUT2D eigenvalue weighted by Gasteiger charge is -2.14. The zero-order chi connectivity index (χ0) is 25.1. The first-order valence-electron chi connectivity index (χ1n) is 10.4. The Kier molecular flexibility index (Phi) is 6.70. The molecule has 0 saturated carbocycles. The zero-order valence-electron chi connectivity index (χ0n) is 18.7. The number of imidazole rings is 1. The number of ether oxygens (including phenoxy) is 2.